The third kappa shape index (κ3) is 5.60. The number of carbonyl (C=O) groups excluding carboxylic acids is 2. The van der Waals surface area contributed by atoms with Crippen LogP contribution in [0.25, 0.3) is 11.1 Å². The first-order chi connectivity index (χ1) is 14.5. The number of pyridine rings is 1. The summed E-state index contributed by atoms with van der Waals surface area (Å²) in [5.74, 6) is -0.682. The van der Waals surface area contributed by atoms with Crippen LogP contribution in [0.4, 0.5) is 0 Å². The predicted molar refractivity (Wildman–Crippen MR) is 114 cm³/mol. The largest absolute Gasteiger partial charge is 0.466 e. The Balaban J connectivity index is 1.95. The molecule has 1 saturated heterocycles. The lowest BCUT2D eigenvalue weighted by molar-refractivity contribution is -0.143. The van der Waals surface area contributed by atoms with Crippen molar-refractivity contribution in [2.45, 2.75) is 64.4 Å². The van der Waals surface area contributed by atoms with Crippen molar-refractivity contribution in [3.8, 4) is 0 Å². The fourth-order valence-corrected chi connectivity index (χ4v) is 4.28. The highest BCUT2D eigenvalue weighted by molar-refractivity contribution is 9.10. The lowest BCUT2D eigenvalue weighted by atomic mass is 9.87. The molecule has 0 saturated carbocycles. The second-order valence-electron chi connectivity index (χ2n) is 7.32. The number of fused-ring (bicyclic) bond motifs is 1. The van der Waals surface area contributed by atoms with Crippen molar-refractivity contribution in [1.82, 2.24) is 4.98 Å². The van der Waals surface area contributed by atoms with Gasteiger partial charge in [-0.25, -0.2) is 9.78 Å². The van der Waals surface area contributed by atoms with Crippen molar-refractivity contribution >= 4 is 39.0 Å². The molecule has 0 aliphatic carbocycles. The van der Waals surface area contributed by atoms with E-state index < -0.39 is 5.97 Å². The quantitative estimate of drug-likeness (QED) is 0.433. The van der Waals surface area contributed by atoms with Gasteiger partial charge in [0, 0.05) is 34.6 Å². The van der Waals surface area contributed by atoms with Crippen LogP contribution in [0.15, 0.2) is 21.2 Å². The van der Waals surface area contributed by atoms with Crippen LogP contribution in [0.2, 0.25) is 0 Å². The number of rotatable bonds is 10. The maximum Gasteiger partial charge on any atom is 0.374 e. The SMILES string of the molecule is CCOC(=O)CCC(CCC1CCCO1)c1c(C(=O)OCC)oc2ncc(Br)cc12. The Kier molecular flexibility index (Phi) is 8.27. The van der Waals surface area contributed by atoms with Gasteiger partial charge in [-0.15, -0.1) is 0 Å². The van der Waals surface area contributed by atoms with Gasteiger partial charge in [0.25, 0.3) is 0 Å². The molecule has 8 heteroatoms. The minimum atomic E-state index is -0.514. The molecule has 7 nitrogen and oxygen atoms in total. The standard InChI is InChI=1S/C22H28BrNO6/c1-3-27-18(25)10-8-14(7-9-16-6-5-11-29-16)19-17-12-15(23)13-24-21(17)30-20(19)22(26)28-4-2/h12-14,16H,3-11H2,1-2H3. The summed E-state index contributed by atoms with van der Waals surface area (Å²) in [7, 11) is 0. The van der Waals surface area contributed by atoms with Crippen molar-refractivity contribution in [1.29, 1.82) is 0 Å². The zero-order valence-corrected chi connectivity index (χ0v) is 19.0. The number of furan rings is 1. The van der Waals surface area contributed by atoms with Crippen molar-refractivity contribution in [2.75, 3.05) is 19.8 Å². The molecule has 1 aliphatic heterocycles. The second-order valence-corrected chi connectivity index (χ2v) is 8.24. The average Bonchev–Trinajstić information content (AvgIpc) is 3.36. The highest BCUT2D eigenvalue weighted by Crippen LogP contribution is 2.38. The number of ether oxygens (including phenoxy) is 3. The van der Waals surface area contributed by atoms with Gasteiger partial charge in [-0.3, -0.25) is 4.79 Å². The molecule has 2 aromatic heterocycles. The molecule has 30 heavy (non-hydrogen) atoms. The van der Waals surface area contributed by atoms with E-state index >= 15 is 0 Å². The molecule has 164 valence electrons. The molecule has 2 aromatic rings. The van der Waals surface area contributed by atoms with E-state index in [0.717, 1.165) is 47.7 Å². The first kappa shape index (κ1) is 22.7. The Morgan fingerprint density at radius 2 is 2.07 bits per heavy atom. The van der Waals surface area contributed by atoms with Crippen LogP contribution in [-0.2, 0) is 19.0 Å². The fraction of sp³-hybridized carbons (Fsp3) is 0.591. The summed E-state index contributed by atoms with van der Waals surface area (Å²) >= 11 is 3.45. The molecule has 1 fully saturated rings. The van der Waals surface area contributed by atoms with E-state index in [9.17, 15) is 9.59 Å². The predicted octanol–water partition coefficient (Wildman–Crippen LogP) is 5.15. The zero-order chi connectivity index (χ0) is 21.5. The second kappa shape index (κ2) is 10.9. The van der Waals surface area contributed by atoms with E-state index in [0.29, 0.717) is 18.7 Å². The minimum absolute atomic E-state index is 0.0876. The maximum absolute atomic E-state index is 12.7. The van der Waals surface area contributed by atoms with Crippen LogP contribution in [0, 0.1) is 0 Å². The smallest absolute Gasteiger partial charge is 0.374 e. The summed E-state index contributed by atoms with van der Waals surface area (Å²) in [6.45, 7) is 4.93. The van der Waals surface area contributed by atoms with E-state index in [1.54, 1.807) is 20.0 Å². The summed E-state index contributed by atoms with van der Waals surface area (Å²) < 4.78 is 22.7. The van der Waals surface area contributed by atoms with E-state index in [2.05, 4.69) is 20.9 Å². The number of halogens is 1. The van der Waals surface area contributed by atoms with E-state index in [1.165, 1.54) is 0 Å². The van der Waals surface area contributed by atoms with Gasteiger partial charge in [-0.05, 0) is 73.9 Å². The van der Waals surface area contributed by atoms with Gasteiger partial charge in [-0.2, -0.15) is 0 Å². The molecule has 0 radical (unpaired) electrons. The Morgan fingerprint density at radius 1 is 1.27 bits per heavy atom. The minimum Gasteiger partial charge on any atom is -0.466 e. The molecular weight excluding hydrogens is 454 g/mol. The van der Waals surface area contributed by atoms with Crippen molar-refractivity contribution in [2.24, 2.45) is 0 Å². The molecule has 3 heterocycles. The molecule has 0 bridgehead atoms. The Labute approximate surface area is 184 Å². The van der Waals surface area contributed by atoms with Gasteiger partial charge in [0.05, 0.1) is 19.3 Å². The lowest BCUT2D eigenvalue weighted by Crippen LogP contribution is -2.14. The molecule has 0 amide bonds. The summed E-state index contributed by atoms with van der Waals surface area (Å²) in [5, 5.41) is 0.758. The normalized spacial score (nSPS) is 17.2. The van der Waals surface area contributed by atoms with Crippen LogP contribution in [0.3, 0.4) is 0 Å². The topological polar surface area (TPSA) is 87.9 Å². The summed E-state index contributed by atoms with van der Waals surface area (Å²) in [6.07, 6.45) is 6.36. The van der Waals surface area contributed by atoms with Gasteiger partial charge in [0.1, 0.15) is 0 Å². The van der Waals surface area contributed by atoms with Crippen molar-refractivity contribution in [3.63, 3.8) is 0 Å². The highest BCUT2D eigenvalue weighted by Gasteiger charge is 2.30. The average molecular weight is 482 g/mol. The summed E-state index contributed by atoms with van der Waals surface area (Å²) in [5.41, 5.74) is 1.13. The van der Waals surface area contributed by atoms with Gasteiger partial charge in [-0.1, -0.05) is 0 Å². The zero-order valence-electron chi connectivity index (χ0n) is 17.4. The first-order valence-corrected chi connectivity index (χ1v) is 11.3. The van der Waals surface area contributed by atoms with Crippen LogP contribution in [0.1, 0.15) is 74.4 Å². The molecular formula is C22H28BrNO6. The number of nitrogens with zero attached hydrogens (tertiary/aromatic N) is 1. The van der Waals surface area contributed by atoms with Crippen molar-refractivity contribution < 1.29 is 28.2 Å². The summed E-state index contributed by atoms with van der Waals surface area (Å²) in [6, 6.07) is 1.90. The molecule has 2 atom stereocenters. The number of carbonyl (C=O) groups is 2. The van der Waals surface area contributed by atoms with Gasteiger partial charge < -0.3 is 18.6 Å². The Bertz CT molecular complexity index is 874. The third-order valence-electron chi connectivity index (χ3n) is 5.28. The number of hydrogen-bond acceptors (Lipinski definition) is 7. The molecule has 2 unspecified atom stereocenters. The van der Waals surface area contributed by atoms with Crippen LogP contribution in [0.5, 0.6) is 0 Å². The fourth-order valence-electron chi connectivity index (χ4n) is 3.95. The molecule has 0 N–H and O–H groups in total. The number of hydrogen-bond donors (Lipinski definition) is 0. The van der Waals surface area contributed by atoms with E-state index in [4.69, 9.17) is 18.6 Å². The Morgan fingerprint density at radius 3 is 2.77 bits per heavy atom. The van der Waals surface area contributed by atoms with Crippen LogP contribution in [-0.4, -0.2) is 42.8 Å². The summed E-state index contributed by atoms with van der Waals surface area (Å²) in [4.78, 5) is 29.0. The van der Waals surface area contributed by atoms with E-state index in [1.807, 2.05) is 6.07 Å². The van der Waals surface area contributed by atoms with Gasteiger partial charge in [0.15, 0.2) is 0 Å². The van der Waals surface area contributed by atoms with Crippen LogP contribution < -0.4 is 0 Å². The highest BCUT2D eigenvalue weighted by atomic mass is 79.9. The van der Waals surface area contributed by atoms with Crippen LogP contribution >= 0.6 is 15.9 Å². The van der Waals surface area contributed by atoms with Gasteiger partial charge >= 0.3 is 11.9 Å². The van der Waals surface area contributed by atoms with Crippen molar-refractivity contribution in [3.05, 3.63) is 28.1 Å². The van der Waals surface area contributed by atoms with E-state index in [-0.39, 0.29) is 36.8 Å². The lowest BCUT2D eigenvalue weighted by Gasteiger charge is -2.19. The monoisotopic (exact) mass is 481 g/mol. The first-order valence-electron chi connectivity index (χ1n) is 10.6. The third-order valence-corrected chi connectivity index (χ3v) is 5.72. The molecule has 0 spiro atoms. The maximum atomic E-state index is 12.7. The molecule has 1 aliphatic rings. The molecule has 3 rings (SSSR count). The van der Waals surface area contributed by atoms with Gasteiger partial charge in [0.2, 0.25) is 11.5 Å². The Hall–Kier alpha value is -1.93. The number of aromatic nitrogens is 1. The molecule has 0 aromatic carbocycles. The number of esters is 2.